The minimum Gasteiger partial charge on any atom is -0.396 e. The third-order valence-corrected chi connectivity index (χ3v) is 3.86. The maximum Gasteiger partial charge on any atom is 0.266 e. The Morgan fingerprint density at radius 1 is 1.45 bits per heavy atom. The molecular formula is C16H23N3O3. The van der Waals surface area contributed by atoms with Crippen molar-refractivity contribution in [1.29, 1.82) is 5.26 Å². The lowest BCUT2D eigenvalue weighted by molar-refractivity contribution is -0.121. The van der Waals surface area contributed by atoms with Crippen LogP contribution in [0.2, 0.25) is 0 Å². The molecule has 1 unspecified atom stereocenters. The predicted octanol–water partition coefficient (Wildman–Crippen LogP) is 1.07. The summed E-state index contributed by atoms with van der Waals surface area (Å²) >= 11 is 0. The first kappa shape index (κ1) is 17.9. The van der Waals surface area contributed by atoms with E-state index in [1.165, 1.54) is 0 Å². The summed E-state index contributed by atoms with van der Waals surface area (Å²) in [7, 11) is 0. The molecule has 0 aliphatic rings. The van der Waals surface area contributed by atoms with Gasteiger partial charge in [0.2, 0.25) is 5.91 Å². The van der Waals surface area contributed by atoms with Crippen molar-refractivity contribution in [2.75, 3.05) is 6.61 Å². The smallest absolute Gasteiger partial charge is 0.266 e. The first-order valence-electron chi connectivity index (χ1n) is 7.47. The molecule has 3 N–H and O–H groups in total. The van der Waals surface area contributed by atoms with Crippen molar-refractivity contribution in [3.63, 3.8) is 0 Å². The lowest BCUT2D eigenvalue weighted by Gasteiger charge is -2.16. The molecule has 1 heterocycles. The van der Waals surface area contributed by atoms with E-state index in [0.717, 1.165) is 12.0 Å². The summed E-state index contributed by atoms with van der Waals surface area (Å²) in [5, 5.41) is 20.8. The maximum atomic E-state index is 12.0. The Bertz CT molecular complexity index is 629. The quantitative estimate of drug-likeness (QED) is 0.700. The summed E-state index contributed by atoms with van der Waals surface area (Å²) < 4.78 is 0. The minimum absolute atomic E-state index is 0.0232. The van der Waals surface area contributed by atoms with Crippen LogP contribution in [0.3, 0.4) is 0 Å². The van der Waals surface area contributed by atoms with E-state index in [4.69, 9.17) is 10.4 Å². The number of aromatic nitrogens is 1. The summed E-state index contributed by atoms with van der Waals surface area (Å²) in [6, 6.07) is 1.88. The average molecular weight is 305 g/mol. The molecule has 0 saturated heterocycles. The number of aliphatic hydroxyl groups excluding tert-OH is 1. The fourth-order valence-electron chi connectivity index (χ4n) is 2.49. The van der Waals surface area contributed by atoms with Crippen molar-refractivity contribution in [3.05, 3.63) is 32.7 Å². The second kappa shape index (κ2) is 8.35. The SMILES string of the molecule is CCC(CCO)NC(=O)CCc1c(C)[nH]c(=O)c(C#N)c1C. The highest BCUT2D eigenvalue weighted by Gasteiger charge is 2.14. The van der Waals surface area contributed by atoms with Gasteiger partial charge in [-0.1, -0.05) is 6.92 Å². The van der Waals surface area contributed by atoms with Crippen molar-refractivity contribution in [2.24, 2.45) is 0 Å². The topological polar surface area (TPSA) is 106 Å². The third kappa shape index (κ3) is 4.43. The van der Waals surface area contributed by atoms with Crippen LogP contribution in [0.5, 0.6) is 0 Å². The van der Waals surface area contributed by atoms with Gasteiger partial charge in [-0.3, -0.25) is 9.59 Å². The van der Waals surface area contributed by atoms with Gasteiger partial charge in [0, 0.05) is 24.8 Å². The van der Waals surface area contributed by atoms with Gasteiger partial charge in [-0.2, -0.15) is 5.26 Å². The molecule has 6 heteroatoms. The maximum absolute atomic E-state index is 12.0. The molecule has 0 bridgehead atoms. The van der Waals surface area contributed by atoms with Crippen molar-refractivity contribution >= 4 is 5.91 Å². The summed E-state index contributed by atoms with van der Waals surface area (Å²) in [6.07, 6.45) is 2.05. The number of nitrogens with zero attached hydrogens (tertiary/aromatic N) is 1. The number of rotatable bonds is 7. The summed E-state index contributed by atoms with van der Waals surface area (Å²) in [6.45, 7) is 5.50. The second-order valence-corrected chi connectivity index (χ2v) is 5.35. The molecule has 1 rings (SSSR count). The monoisotopic (exact) mass is 305 g/mol. The molecule has 0 aliphatic carbocycles. The summed E-state index contributed by atoms with van der Waals surface area (Å²) in [4.78, 5) is 26.3. The van der Waals surface area contributed by atoms with Crippen molar-refractivity contribution in [1.82, 2.24) is 10.3 Å². The van der Waals surface area contributed by atoms with Crippen LogP contribution in [-0.4, -0.2) is 28.6 Å². The van der Waals surface area contributed by atoms with E-state index in [1.807, 2.05) is 13.0 Å². The first-order chi connectivity index (χ1) is 10.4. The van der Waals surface area contributed by atoms with Crippen molar-refractivity contribution < 1.29 is 9.90 Å². The molecule has 0 radical (unpaired) electrons. The van der Waals surface area contributed by atoms with Crippen LogP contribution in [0.1, 0.15) is 48.6 Å². The Hall–Kier alpha value is -2.13. The highest BCUT2D eigenvalue weighted by Crippen LogP contribution is 2.15. The van der Waals surface area contributed by atoms with E-state index in [-0.39, 0.29) is 36.1 Å². The van der Waals surface area contributed by atoms with Gasteiger partial charge >= 0.3 is 0 Å². The van der Waals surface area contributed by atoms with Gasteiger partial charge in [0.1, 0.15) is 11.6 Å². The Morgan fingerprint density at radius 2 is 2.14 bits per heavy atom. The number of H-pyrrole nitrogens is 1. The number of amides is 1. The third-order valence-electron chi connectivity index (χ3n) is 3.86. The predicted molar refractivity (Wildman–Crippen MR) is 83.5 cm³/mol. The Kier molecular flexibility index (Phi) is 6.80. The van der Waals surface area contributed by atoms with E-state index in [1.54, 1.807) is 13.8 Å². The van der Waals surface area contributed by atoms with Crippen LogP contribution in [0.15, 0.2) is 4.79 Å². The molecular weight excluding hydrogens is 282 g/mol. The second-order valence-electron chi connectivity index (χ2n) is 5.35. The molecule has 0 aromatic carbocycles. The minimum atomic E-state index is -0.389. The zero-order valence-corrected chi connectivity index (χ0v) is 13.3. The van der Waals surface area contributed by atoms with Gasteiger partial charge in [0.25, 0.3) is 5.56 Å². The fourth-order valence-corrected chi connectivity index (χ4v) is 2.49. The van der Waals surface area contributed by atoms with Gasteiger partial charge in [-0.05, 0) is 44.2 Å². The van der Waals surface area contributed by atoms with Gasteiger partial charge < -0.3 is 15.4 Å². The molecule has 1 atom stereocenters. The van der Waals surface area contributed by atoms with E-state index >= 15 is 0 Å². The summed E-state index contributed by atoms with van der Waals surface area (Å²) in [5.41, 5.74) is 1.88. The number of nitrogens with one attached hydrogen (secondary N) is 2. The van der Waals surface area contributed by atoms with Crippen LogP contribution in [-0.2, 0) is 11.2 Å². The summed E-state index contributed by atoms with van der Waals surface area (Å²) in [5.74, 6) is -0.0937. The van der Waals surface area contributed by atoms with Crippen LogP contribution in [0, 0.1) is 25.2 Å². The van der Waals surface area contributed by atoms with Crippen molar-refractivity contribution in [3.8, 4) is 6.07 Å². The van der Waals surface area contributed by atoms with Crippen LogP contribution in [0.4, 0.5) is 0 Å². The number of carbonyl (C=O) groups is 1. The normalized spacial score (nSPS) is 11.8. The molecule has 0 saturated carbocycles. The van der Waals surface area contributed by atoms with Gasteiger partial charge in [0.15, 0.2) is 0 Å². The van der Waals surface area contributed by atoms with E-state index in [2.05, 4.69) is 10.3 Å². The molecule has 1 aromatic rings. The van der Waals surface area contributed by atoms with Gasteiger partial charge in [-0.25, -0.2) is 0 Å². The zero-order chi connectivity index (χ0) is 16.7. The molecule has 1 aromatic heterocycles. The Labute approximate surface area is 130 Å². The number of aliphatic hydroxyl groups is 1. The highest BCUT2D eigenvalue weighted by molar-refractivity contribution is 5.76. The van der Waals surface area contributed by atoms with Crippen molar-refractivity contribution in [2.45, 2.75) is 52.5 Å². The highest BCUT2D eigenvalue weighted by atomic mass is 16.3. The number of hydrogen-bond acceptors (Lipinski definition) is 4. The van der Waals surface area contributed by atoms with E-state index in [0.29, 0.717) is 24.1 Å². The van der Waals surface area contributed by atoms with Crippen LogP contribution < -0.4 is 10.9 Å². The Balaban J connectivity index is 2.79. The molecule has 0 spiro atoms. The number of aryl methyl sites for hydroxylation is 1. The molecule has 0 fully saturated rings. The number of aromatic amines is 1. The van der Waals surface area contributed by atoms with Crippen LogP contribution >= 0.6 is 0 Å². The van der Waals surface area contributed by atoms with Crippen LogP contribution in [0.25, 0.3) is 0 Å². The van der Waals surface area contributed by atoms with Gasteiger partial charge in [0.05, 0.1) is 0 Å². The molecule has 1 amide bonds. The fraction of sp³-hybridized carbons (Fsp3) is 0.562. The standard InChI is InChI=1S/C16H23N3O3/c1-4-12(7-8-20)19-15(21)6-5-13-10(2)14(9-17)16(22)18-11(13)3/h12,20H,4-8H2,1-3H3,(H,18,22)(H,19,21). The molecule has 22 heavy (non-hydrogen) atoms. The van der Waals surface area contributed by atoms with Gasteiger partial charge in [-0.15, -0.1) is 0 Å². The Morgan fingerprint density at radius 3 is 2.68 bits per heavy atom. The largest absolute Gasteiger partial charge is 0.396 e. The molecule has 6 nitrogen and oxygen atoms in total. The lowest BCUT2D eigenvalue weighted by atomic mass is 9.99. The molecule has 120 valence electrons. The van der Waals surface area contributed by atoms with E-state index in [9.17, 15) is 9.59 Å². The lowest BCUT2D eigenvalue weighted by Crippen LogP contribution is -2.35. The zero-order valence-electron chi connectivity index (χ0n) is 13.3. The number of hydrogen-bond donors (Lipinski definition) is 3. The molecule has 0 aliphatic heterocycles. The number of carbonyl (C=O) groups excluding carboxylic acids is 1. The first-order valence-corrected chi connectivity index (χ1v) is 7.47. The number of pyridine rings is 1. The average Bonchev–Trinajstić information content (AvgIpc) is 2.46. The number of nitriles is 1. The van der Waals surface area contributed by atoms with E-state index < -0.39 is 0 Å².